The Morgan fingerprint density at radius 3 is 2.74 bits per heavy atom. The summed E-state index contributed by atoms with van der Waals surface area (Å²) in [4.78, 5) is 53.4. The van der Waals surface area contributed by atoms with Gasteiger partial charge in [0.2, 0.25) is 5.91 Å². The lowest BCUT2D eigenvalue weighted by molar-refractivity contribution is -0.384. The van der Waals surface area contributed by atoms with Crippen molar-refractivity contribution in [3.63, 3.8) is 0 Å². The van der Waals surface area contributed by atoms with Gasteiger partial charge in [0, 0.05) is 22.8 Å². The molecule has 4 rings (SSSR count). The molecule has 1 fully saturated rings. The van der Waals surface area contributed by atoms with Crippen LogP contribution in [0.3, 0.4) is 0 Å². The van der Waals surface area contributed by atoms with Crippen LogP contribution in [-0.2, 0) is 32.1 Å². The number of fused-ring (bicyclic) bond motifs is 1. The average molecular weight is 500 g/mol. The molecule has 11 nitrogen and oxygen atoms in total. The van der Waals surface area contributed by atoms with Gasteiger partial charge in [-0.15, -0.1) is 23.1 Å². The highest BCUT2D eigenvalue weighted by Gasteiger charge is 2.54. The Kier molecular flexibility index (Phi) is 6.87. The fourth-order valence-corrected chi connectivity index (χ4v) is 5.53. The molecule has 13 heteroatoms. The van der Waals surface area contributed by atoms with Crippen molar-refractivity contribution in [1.82, 2.24) is 10.2 Å². The quantitative estimate of drug-likeness (QED) is 0.111. The zero-order valence-electron chi connectivity index (χ0n) is 17.4. The maximum Gasteiger partial charge on any atom is 0.356 e. The number of carbonyl (C=O) groups excluding carboxylic acids is 3. The first-order valence-electron chi connectivity index (χ1n) is 9.96. The maximum atomic E-state index is 12.9. The molecule has 0 unspecified atom stereocenters. The molecule has 3 heterocycles. The van der Waals surface area contributed by atoms with Gasteiger partial charge in [-0.25, -0.2) is 4.79 Å². The number of esters is 1. The number of rotatable bonds is 8. The van der Waals surface area contributed by atoms with Crippen molar-refractivity contribution in [1.29, 1.82) is 0 Å². The van der Waals surface area contributed by atoms with Gasteiger partial charge in [0.25, 0.3) is 17.8 Å². The Balaban J connectivity index is 1.45. The number of β-lactam (4-membered cyclic amide) rings is 1. The molecular weight excluding hydrogens is 482 g/mol. The third-order valence-corrected chi connectivity index (χ3v) is 7.33. The summed E-state index contributed by atoms with van der Waals surface area (Å²) in [5, 5.41) is 14.9. The van der Waals surface area contributed by atoms with Gasteiger partial charge in [-0.05, 0) is 29.1 Å². The fourth-order valence-electron chi connectivity index (χ4n) is 3.53. The van der Waals surface area contributed by atoms with Crippen LogP contribution in [0.15, 0.2) is 53.0 Å². The Hall–Kier alpha value is -3.80. The Bertz CT molecular complexity index is 1220. The van der Waals surface area contributed by atoms with Crippen molar-refractivity contribution in [2.75, 3.05) is 5.75 Å². The van der Waals surface area contributed by atoms with E-state index in [1.807, 2.05) is 17.5 Å². The van der Waals surface area contributed by atoms with Gasteiger partial charge in [0.15, 0.2) is 0 Å². The second-order valence-corrected chi connectivity index (χ2v) is 9.47. The molecule has 1 saturated heterocycles. The minimum absolute atomic E-state index is 0.0581. The number of nitro groups is 1. The summed E-state index contributed by atoms with van der Waals surface area (Å²) in [6.07, 6.45) is 1.23. The van der Waals surface area contributed by atoms with E-state index in [9.17, 15) is 24.5 Å². The zero-order valence-corrected chi connectivity index (χ0v) is 19.1. The van der Waals surface area contributed by atoms with Crippen LogP contribution in [-0.4, -0.2) is 55.8 Å². The zero-order chi connectivity index (χ0) is 24.2. The highest BCUT2D eigenvalue weighted by atomic mass is 32.2. The van der Waals surface area contributed by atoms with Crippen molar-refractivity contribution in [2.45, 2.75) is 24.4 Å². The summed E-state index contributed by atoms with van der Waals surface area (Å²) >= 11 is 2.77. The number of hydrogen-bond donors (Lipinski definition) is 1. The SMILES string of the molecule is [N-]=[N+]=CC1=C(C(=O)OCc2ccc([N+](=O)[O-])cc2)N2C(=O)[C@@H](NC(=O)Cc3cccs3)[C@@H]2SC1. The number of ether oxygens (including phenoxy) is 1. The first-order valence-corrected chi connectivity index (χ1v) is 11.9. The standard InChI is InChI=1S/C21H17N5O6S2/c22-23-9-13-11-34-20-17(24-16(27)8-15-2-1-7-33-15)19(28)25(20)18(13)21(29)32-10-12-3-5-14(6-4-12)26(30)31/h1-7,9,17,20H,8,10-11H2,(H,24,27)/t17-,20+/m1/s1. The highest BCUT2D eigenvalue weighted by Crippen LogP contribution is 2.40. The van der Waals surface area contributed by atoms with Crippen LogP contribution in [0.5, 0.6) is 0 Å². The molecule has 1 N–H and O–H groups in total. The Morgan fingerprint density at radius 1 is 1.32 bits per heavy atom. The summed E-state index contributed by atoms with van der Waals surface area (Å²) in [5.74, 6) is -1.31. The van der Waals surface area contributed by atoms with E-state index in [2.05, 4.69) is 10.1 Å². The predicted octanol–water partition coefficient (Wildman–Crippen LogP) is 1.90. The number of nitro benzene ring substituents is 1. The van der Waals surface area contributed by atoms with Crippen molar-refractivity contribution in [3.8, 4) is 0 Å². The third kappa shape index (κ3) is 4.76. The molecule has 0 spiro atoms. The van der Waals surface area contributed by atoms with Gasteiger partial charge in [-0.3, -0.25) is 24.6 Å². The number of thiophene rings is 1. The van der Waals surface area contributed by atoms with E-state index in [0.717, 1.165) is 11.1 Å². The Labute approximate surface area is 201 Å². The van der Waals surface area contributed by atoms with Crippen LogP contribution in [0, 0.1) is 10.1 Å². The Morgan fingerprint density at radius 2 is 2.09 bits per heavy atom. The molecule has 2 aliphatic rings. The lowest BCUT2D eigenvalue weighted by Gasteiger charge is -2.49. The van der Waals surface area contributed by atoms with Crippen LogP contribution in [0.25, 0.3) is 5.53 Å². The number of carbonyl (C=O) groups is 3. The molecule has 2 amide bonds. The first kappa shape index (κ1) is 23.4. The monoisotopic (exact) mass is 499 g/mol. The topological polar surface area (TPSA) is 155 Å². The lowest BCUT2D eigenvalue weighted by atomic mass is 10.0. The fraction of sp³-hybridized carbons (Fsp3) is 0.238. The van der Waals surface area contributed by atoms with E-state index in [1.165, 1.54) is 52.3 Å². The number of hydrogen-bond acceptors (Lipinski definition) is 8. The molecule has 0 aliphatic carbocycles. The second-order valence-electron chi connectivity index (χ2n) is 7.33. The average Bonchev–Trinajstić information content (AvgIpc) is 3.34. The number of nitrogens with one attached hydrogen (secondary N) is 1. The normalized spacial score (nSPS) is 18.9. The minimum Gasteiger partial charge on any atom is -0.456 e. The summed E-state index contributed by atoms with van der Waals surface area (Å²) in [5.41, 5.74) is 9.66. The number of non-ortho nitro benzene ring substituents is 1. The molecule has 2 atom stereocenters. The van der Waals surface area contributed by atoms with Gasteiger partial charge >= 0.3 is 5.97 Å². The van der Waals surface area contributed by atoms with E-state index in [-0.39, 0.29) is 36.1 Å². The molecule has 0 bridgehead atoms. The lowest BCUT2D eigenvalue weighted by Crippen LogP contribution is -2.70. The van der Waals surface area contributed by atoms with E-state index < -0.39 is 28.2 Å². The van der Waals surface area contributed by atoms with Gasteiger partial charge in [-0.2, -0.15) is 4.79 Å². The highest BCUT2D eigenvalue weighted by molar-refractivity contribution is 8.00. The molecule has 2 aromatic rings. The van der Waals surface area contributed by atoms with Crippen LogP contribution < -0.4 is 5.32 Å². The number of thioether (sulfide) groups is 1. The van der Waals surface area contributed by atoms with Crippen LogP contribution >= 0.6 is 23.1 Å². The second kappa shape index (κ2) is 10.00. The van der Waals surface area contributed by atoms with Crippen molar-refractivity contribution in [2.24, 2.45) is 0 Å². The van der Waals surface area contributed by atoms with Crippen LogP contribution in [0.1, 0.15) is 10.4 Å². The van der Waals surface area contributed by atoms with E-state index in [0.29, 0.717) is 11.1 Å². The maximum absolute atomic E-state index is 12.9. The van der Waals surface area contributed by atoms with Gasteiger partial charge in [-0.1, -0.05) is 6.07 Å². The smallest absolute Gasteiger partial charge is 0.356 e. The van der Waals surface area contributed by atoms with Gasteiger partial charge in [0.05, 0.1) is 16.9 Å². The van der Waals surface area contributed by atoms with E-state index in [4.69, 9.17) is 10.3 Å². The predicted molar refractivity (Wildman–Crippen MR) is 123 cm³/mol. The minimum atomic E-state index is -0.810. The summed E-state index contributed by atoms with van der Waals surface area (Å²) in [7, 11) is 0. The van der Waals surface area contributed by atoms with Crippen molar-refractivity contribution in [3.05, 3.63) is 79.1 Å². The largest absolute Gasteiger partial charge is 0.456 e. The van der Waals surface area contributed by atoms with Gasteiger partial charge in [0.1, 0.15) is 23.7 Å². The summed E-state index contributed by atoms with van der Waals surface area (Å²) in [6.45, 7) is -0.176. The molecule has 34 heavy (non-hydrogen) atoms. The molecule has 0 saturated carbocycles. The van der Waals surface area contributed by atoms with Crippen LogP contribution in [0.2, 0.25) is 0 Å². The van der Waals surface area contributed by atoms with E-state index in [1.54, 1.807) is 0 Å². The summed E-state index contributed by atoms with van der Waals surface area (Å²) in [6, 6.07) is 8.39. The number of amides is 2. The van der Waals surface area contributed by atoms with Crippen molar-refractivity contribution >= 4 is 52.8 Å². The number of benzene rings is 1. The first-order chi connectivity index (χ1) is 16.4. The van der Waals surface area contributed by atoms with Crippen LogP contribution in [0.4, 0.5) is 5.69 Å². The molecule has 2 aliphatic heterocycles. The molecular formula is C21H17N5O6S2. The number of nitrogens with zero attached hydrogens (tertiary/aromatic N) is 4. The molecule has 174 valence electrons. The third-order valence-electron chi connectivity index (χ3n) is 5.15. The van der Waals surface area contributed by atoms with E-state index >= 15 is 0 Å². The molecule has 1 aromatic carbocycles. The summed E-state index contributed by atoms with van der Waals surface area (Å²) < 4.78 is 5.33. The molecule has 1 aromatic heterocycles. The van der Waals surface area contributed by atoms with Gasteiger partial charge < -0.3 is 15.6 Å². The van der Waals surface area contributed by atoms with Crippen molar-refractivity contribution < 1.29 is 28.8 Å². The molecule has 0 radical (unpaired) electrons.